The lowest BCUT2D eigenvalue weighted by molar-refractivity contribution is 0.0699. The van der Waals surface area contributed by atoms with Gasteiger partial charge in [-0.2, -0.15) is 0 Å². The van der Waals surface area contributed by atoms with Gasteiger partial charge >= 0.3 is 0 Å². The van der Waals surface area contributed by atoms with E-state index >= 15 is 0 Å². The molecule has 0 amide bonds. The largest absolute Gasteiger partial charge is 0.383 e. The summed E-state index contributed by atoms with van der Waals surface area (Å²) in [6.45, 7) is 8.76. The fourth-order valence-corrected chi connectivity index (χ4v) is 1.52. The molecule has 0 fully saturated rings. The number of hydrogen-bond donors (Lipinski definition) is 1. The van der Waals surface area contributed by atoms with Crippen molar-refractivity contribution < 1.29 is 9.47 Å². The van der Waals surface area contributed by atoms with E-state index in [0.29, 0.717) is 19.8 Å². The van der Waals surface area contributed by atoms with Crippen molar-refractivity contribution in [3.05, 3.63) is 5.82 Å². The smallest absolute Gasteiger partial charge is 0.168 e. The van der Waals surface area contributed by atoms with Crippen molar-refractivity contribution in [2.45, 2.75) is 39.5 Å². The fourth-order valence-electron chi connectivity index (χ4n) is 1.52. The monoisotopic (exact) mass is 257 g/mol. The molecule has 0 aliphatic rings. The van der Waals surface area contributed by atoms with Crippen molar-refractivity contribution in [3.8, 4) is 0 Å². The number of tetrazole rings is 1. The van der Waals surface area contributed by atoms with E-state index in [1.807, 2.05) is 20.8 Å². The van der Waals surface area contributed by atoms with E-state index in [-0.39, 0.29) is 12.1 Å². The van der Waals surface area contributed by atoms with Crippen molar-refractivity contribution >= 4 is 0 Å². The van der Waals surface area contributed by atoms with Crippen LogP contribution in [0.1, 0.15) is 32.6 Å². The molecule has 7 nitrogen and oxygen atoms in total. The highest BCUT2D eigenvalue weighted by atomic mass is 16.5. The molecule has 0 aliphatic heterocycles. The fraction of sp³-hybridized carbons (Fsp3) is 0.909. The molecule has 0 spiro atoms. The van der Waals surface area contributed by atoms with Crippen molar-refractivity contribution in [1.29, 1.82) is 0 Å². The summed E-state index contributed by atoms with van der Waals surface area (Å²) in [4.78, 5) is 0. The Morgan fingerprint density at radius 3 is 2.72 bits per heavy atom. The first-order valence-corrected chi connectivity index (χ1v) is 6.25. The zero-order valence-electron chi connectivity index (χ0n) is 11.6. The molecule has 1 atom stereocenters. The Labute approximate surface area is 108 Å². The van der Waals surface area contributed by atoms with Gasteiger partial charge in [0.25, 0.3) is 0 Å². The predicted octanol–water partition coefficient (Wildman–Crippen LogP) is 0.395. The summed E-state index contributed by atoms with van der Waals surface area (Å²) in [7, 11) is 1.68. The van der Waals surface area contributed by atoms with Crippen LogP contribution in [-0.4, -0.2) is 53.2 Å². The van der Waals surface area contributed by atoms with Gasteiger partial charge in [0.1, 0.15) is 0 Å². The maximum atomic E-state index is 5.49. The Kier molecular flexibility index (Phi) is 6.77. The van der Waals surface area contributed by atoms with Gasteiger partial charge in [0.2, 0.25) is 0 Å². The molecule has 0 aromatic carbocycles. The molecular formula is C11H23N5O2. The van der Waals surface area contributed by atoms with Gasteiger partial charge in [0, 0.05) is 13.7 Å². The Morgan fingerprint density at radius 2 is 2.06 bits per heavy atom. The summed E-state index contributed by atoms with van der Waals surface area (Å²) in [5.74, 6) is 0.818. The molecule has 1 heterocycles. The van der Waals surface area contributed by atoms with Crippen LogP contribution >= 0.6 is 0 Å². The van der Waals surface area contributed by atoms with Crippen molar-refractivity contribution in [3.63, 3.8) is 0 Å². The second-order valence-corrected chi connectivity index (χ2v) is 4.35. The zero-order chi connectivity index (χ0) is 13.4. The first-order chi connectivity index (χ1) is 8.65. The van der Waals surface area contributed by atoms with Crippen molar-refractivity contribution in [1.82, 2.24) is 25.5 Å². The average Bonchev–Trinajstić information content (AvgIpc) is 2.77. The lowest BCUT2D eigenvalue weighted by Crippen LogP contribution is -2.26. The van der Waals surface area contributed by atoms with Gasteiger partial charge in [-0.3, -0.25) is 0 Å². The molecule has 0 saturated heterocycles. The third-order valence-electron chi connectivity index (χ3n) is 2.46. The Morgan fingerprint density at radius 1 is 1.28 bits per heavy atom. The lowest BCUT2D eigenvalue weighted by Gasteiger charge is -2.13. The Balaban J connectivity index is 2.42. The predicted molar refractivity (Wildman–Crippen MR) is 67.2 cm³/mol. The first kappa shape index (κ1) is 15.0. The SMILES string of the molecule is COCCNC(C)c1nnnn1CCOC(C)C. The van der Waals surface area contributed by atoms with Crippen LogP contribution in [-0.2, 0) is 16.0 Å². The van der Waals surface area contributed by atoms with Crippen LogP contribution < -0.4 is 5.32 Å². The van der Waals surface area contributed by atoms with Crippen LogP contribution in [0.3, 0.4) is 0 Å². The summed E-state index contributed by atoms with van der Waals surface area (Å²) in [5, 5.41) is 15.0. The molecule has 1 aromatic rings. The first-order valence-electron chi connectivity index (χ1n) is 6.25. The van der Waals surface area contributed by atoms with Gasteiger partial charge in [-0.05, 0) is 31.2 Å². The van der Waals surface area contributed by atoms with Crippen LogP contribution in [0.2, 0.25) is 0 Å². The van der Waals surface area contributed by atoms with E-state index in [0.717, 1.165) is 12.4 Å². The molecule has 1 unspecified atom stereocenters. The number of methoxy groups -OCH3 is 1. The standard InChI is InChI=1S/C11H23N5O2/c1-9(2)18-8-6-16-11(13-14-15-16)10(3)12-5-7-17-4/h9-10,12H,5-8H2,1-4H3. The van der Waals surface area contributed by atoms with E-state index in [4.69, 9.17) is 9.47 Å². The summed E-state index contributed by atoms with van der Waals surface area (Å²) in [5.41, 5.74) is 0. The van der Waals surface area contributed by atoms with Crippen molar-refractivity contribution in [2.75, 3.05) is 26.9 Å². The molecule has 1 rings (SSSR count). The van der Waals surface area contributed by atoms with Gasteiger partial charge in [0.15, 0.2) is 5.82 Å². The van der Waals surface area contributed by atoms with Crippen LogP contribution in [0.25, 0.3) is 0 Å². The Hall–Kier alpha value is -1.05. The molecule has 1 aromatic heterocycles. The number of ether oxygens (including phenoxy) is 2. The lowest BCUT2D eigenvalue weighted by atomic mass is 10.3. The second kappa shape index (κ2) is 8.12. The zero-order valence-corrected chi connectivity index (χ0v) is 11.6. The number of hydrogen-bond acceptors (Lipinski definition) is 6. The van der Waals surface area contributed by atoms with E-state index in [1.165, 1.54) is 0 Å². The summed E-state index contributed by atoms with van der Waals surface area (Å²) in [6.07, 6.45) is 0.224. The minimum Gasteiger partial charge on any atom is -0.383 e. The van der Waals surface area contributed by atoms with E-state index in [1.54, 1.807) is 11.8 Å². The highest BCUT2D eigenvalue weighted by Crippen LogP contribution is 2.06. The summed E-state index contributed by atoms with van der Waals surface area (Å²) >= 11 is 0. The highest BCUT2D eigenvalue weighted by molar-refractivity contribution is 4.89. The quantitative estimate of drug-likeness (QED) is 0.645. The van der Waals surface area contributed by atoms with Gasteiger partial charge in [-0.15, -0.1) is 5.10 Å². The molecule has 0 aliphatic carbocycles. The van der Waals surface area contributed by atoms with Gasteiger partial charge in [-0.25, -0.2) is 4.68 Å². The molecule has 0 radical (unpaired) electrons. The molecule has 0 bridgehead atoms. The van der Waals surface area contributed by atoms with Crippen LogP contribution in [0.5, 0.6) is 0 Å². The normalized spacial score (nSPS) is 13.2. The third kappa shape index (κ3) is 5.07. The number of rotatable bonds is 9. The highest BCUT2D eigenvalue weighted by Gasteiger charge is 2.13. The van der Waals surface area contributed by atoms with Gasteiger partial charge in [0.05, 0.1) is 31.9 Å². The minimum absolute atomic E-state index is 0.0919. The molecule has 1 N–H and O–H groups in total. The van der Waals surface area contributed by atoms with E-state index in [2.05, 4.69) is 20.8 Å². The molecule has 104 valence electrons. The number of nitrogens with zero attached hydrogens (tertiary/aromatic N) is 4. The minimum atomic E-state index is 0.0919. The van der Waals surface area contributed by atoms with E-state index in [9.17, 15) is 0 Å². The third-order valence-corrected chi connectivity index (χ3v) is 2.46. The maximum absolute atomic E-state index is 5.49. The molecular weight excluding hydrogens is 234 g/mol. The molecule has 18 heavy (non-hydrogen) atoms. The van der Waals surface area contributed by atoms with E-state index < -0.39 is 0 Å². The topological polar surface area (TPSA) is 74.1 Å². The Bertz CT molecular complexity index is 329. The van der Waals surface area contributed by atoms with Crippen molar-refractivity contribution in [2.24, 2.45) is 0 Å². The number of nitrogens with one attached hydrogen (secondary N) is 1. The molecule has 0 saturated carbocycles. The second-order valence-electron chi connectivity index (χ2n) is 4.35. The van der Waals surface area contributed by atoms with Gasteiger partial charge in [-0.1, -0.05) is 0 Å². The van der Waals surface area contributed by atoms with Crippen LogP contribution in [0, 0.1) is 0 Å². The van der Waals surface area contributed by atoms with Crippen LogP contribution in [0.15, 0.2) is 0 Å². The van der Waals surface area contributed by atoms with Crippen LogP contribution in [0.4, 0.5) is 0 Å². The summed E-state index contributed by atoms with van der Waals surface area (Å²) in [6, 6.07) is 0.0919. The maximum Gasteiger partial charge on any atom is 0.168 e. The summed E-state index contributed by atoms with van der Waals surface area (Å²) < 4.78 is 12.3. The number of aromatic nitrogens is 4. The van der Waals surface area contributed by atoms with Gasteiger partial charge < -0.3 is 14.8 Å². The molecule has 7 heteroatoms. The average molecular weight is 257 g/mol.